The van der Waals surface area contributed by atoms with Gasteiger partial charge in [0.25, 0.3) is 0 Å². The lowest BCUT2D eigenvalue weighted by molar-refractivity contribution is -0.141. The number of carbonyl (C=O) groups is 1. The molecule has 2 N–H and O–H groups in total. The predicted molar refractivity (Wildman–Crippen MR) is 63.8 cm³/mol. The van der Waals surface area contributed by atoms with Crippen molar-refractivity contribution < 1.29 is 9.53 Å². The van der Waals surface area contributed by atoms with Crippen molar-refractivity contribution in [3.8, 4) is 0 Å². The molecule has 0 saturated carbocycles. The first kappa shape index (κ1) is 11.9. The lowest BCUT2D eigenvalue weighted by Crippen LogP contribution is -2.37. The van der Waals surface area contributed by atoms with Gasteiger partial charge in [-0.1, -0.05) is 11.6 Å². The molecule has 1 aromatic heterocycles. The SMILES string of the molecule is COC(=O)C1CCCN1c1ncnc(Cl)c1N. The van der Waals surface area contributed by atoms with Crippen molar-refractivity contribution >= 4 is 29.1 Å². The Kier molecular flexibility index (Phi) is 3.33. The van der Waals surface area contributed by atoms with E-state index in [2.05, 4.69) is 9.97 Å². The number of hydrogen-bond donors (Lipinski definition) is 1. The Labute approximate surface area is 104 Å². The summed E-state index contributed by atoms with van der Waals surface area (Å²) in [6.07, 6.45) is 2.95. The van der Waals surface area contributed by atoms with E-state index in [9.17, 15) is 4.79 Å². The zero-order valence-electron chi connectivity index (χ0n) is 9.39. The number of nitrogen functional groups attached to an aromatic ring is 1. The highest BCUT2D eigenvalue weighted by molar-refractivity contribution is 6.32. The molecule has 17 heavy (non-hydrogen) atoms. The molecule has 2 heterocycles. The number of esters is 1. The molecule has 0 aliphatic carbocycles. The number of rotatable bonds is 2. The zero-order valence-corrected chi connectivity index (χ0v) is 10.1. The average molecular weight is 257 g/mol. The summed E-state index contributed by atoms with van der Waals surface area (Å²) in [6, 6.07) is -0.340. The topological polar surface area (TPSA) is 81.3 Å². The molecule has 1 saturated heterocycles. The molecule has 0 spiro atoms. The molecule has 0 aromatic carbocycles. The third-order valence-electron chi connectivity index (χ3n) is 2.81. The molecular formula is C10H13ClN4O2. The molecule has 0 radical (unpaired) electrons. The quantitative estimate of drug-likeness (QED) is 0.624. The van der Waals surface area contributed by atoms with Crippen LogP contribution < -0.4 is 10.6 Å². The van der Waals surface area contributed by atoms with Gasteiger partial charge in [-0.05, 0) is 12.8 Å². The summed E-state index contributed by atoms with van der Waals surface area (Å²) in [5.74, 6) is 0.217. The van der Waals surface area contributed by atoms with Crippen LogP contribution in [0.1, 0.15) is 12.8 Å². The van der Waals surface area contributed by atoms with E-state index in [-0.39, 0.29) is 17.2 Å². The summed E-state index contributed by atoms with van der Waals surface area (Å²) in [6.45, 7) is 0.706. The van der Waals surface area contributed by atoms with Crippen LogP contribution in [0, 0.1) is 0 Å². The van der Waals surface area contributed by atoms with Crippen LogP contribution in [0.15, 0.2) is 6.33 Å². The molecule has 1 aliphatic rings. The molecule has 7 heteroatoms. The Hall–Kier alpha value is -1.56. The Morgan fingerprint density at radius 1 is 1.65 bits per heavy atom. The summed E-state index contributed by atoms with van der Waals surface area (Å²) < 4.78 is 4.76. The number of halogens is 1. The predicted octanol–water partition coefficient (Wildman–Crippen LogP) is 0.854. The van der Waals surface area contributed by atoms with Crippen molar-refractivity contribution in [1.29, 1.82) is 0 Å². The van der Waals surface area contributed by atoms with Gasteiger partial charge < -0.3 is 15.4 Å². The minimum atomic E-state index is -0.340. The van der Waals surface area contributed by atoms with E-state index < -0.39 is 0 Å². The monoisotopic (exact) mass is 256 g/mol. The summed E-state index contributed by atoms with van der Waals surface area (Å²) in [7, 11) is 1.37. The number of nitrogens with two attached hydrogens (primary N) is 1. The summed E-state index contributed by atoms with van der Waals surface area (Å²) >= 11 is 5.83. The third kappa shape index (κ3) is 2.12. The van der Waals surface area contributed by atoms with Crippen LogP contribution in [0.3, 0.4) is 0 Å². The number of ether oxygens (including phenoxy) is 1. The Bertz CT molecular complexity index is 440. The molecule has 1 aliphatic heterocycles. The average Bonchev–Trinajstić information content (AvgIpc) is 2.80. The van der Waals surface area contributed by atoms with Gasteiger partial charge in [-0.25, -0.2) is 14.8 Å². The van der Waals surface area contributed by atoms with Crippen LogP contribution in [-0.4, -0.2) is 35.6 Å². The van der Waals surface area contributed by atoms with Crippen molar-refractivity contribution in [2.45, 2.75) is 18.9 Å². The molecule has 1 fully saturated rings. The van der Waals surface area contributed by atoms with Crippen LogP contribution in [0.25, 0.3) is 0 Å². The van der Waals surface area contributed by atoms with Crippen molar-refractivity contribution in [3.63, 3.8) is 0 Å². The molecule has 1 unspecified atom stereocenters. The van der Waals surface area contributed by atoms with Crippen LogP contribution in [-0.2, 0) is 9.53 Å². The molecule has 0 amide bonds. The minimum absolute atomic E-state index is 0.200. The smallest absolute Gasteiger partial charge is 0.328 e. The second-order valence-electron chi connectivity index (χ2n) is 3.78. The number of anilines is 2. The maximum atomic E-state index is 11.6. The zero-order chi connectivity index (χ0) is 12.4. The largest absolute Gasteiger partial charge is 0.467 e. The first-order valence-electron chi connectivity index (χ1n) is 5.25. The Morgan fingerprint density at radius 2 is 2.41 bits per heavy atom. The second-order valence-corrected chi connectivity index (χ2v) is 4.13. The van der Waals surface area contributed by atoms with Gasteiger partial charge >= 0.3 is 5.97 Å². The lowest BCUT2D eigenvalue weighted by atomic mass is 10.2. The first-order chi connectivity index (χ1) is 8.15. The Morgan fingerprint density at radius 3 is 3.12 bits per heavy atom. The normalized spacial score (nSPS) is 19.4. The van der Waals surface area contributed by atoms with Gasteiger partial charge in [0.15, 0.2) is 11.0 Å². The molecule has 92 valence electrons. The third-order valence-corrected chi connectivity index (χ3v) is 3.11. The fourth-order valence-electron chi connectivity index (χ4n) is 2.00. The summed E-state index contributed by atoms with van der Waals surface area (Å²) in [5.41, 5.74) is 6.11. The maximum Gasteiger partial charge on any atom is 0.328 e. The van der Waals surface area contributed by atoms with E-state index in [0.29, 0.717) is 18.1 Å². The van der Waals surface area contributed by atoms with Gasteiger partial charge in [0.2, 0.25) is 0 Å². The molecule has 0 bridgehead atoms. The van der Waals surface area contributed by atoms with E-state index >= 15 is 0 Å². The van der Waals surface area contributed by atoms with Gasteiger partial charge in [-0.2, -0.15) is 0 Å². The number of methoxy groups -OCH3 is 1. The minimum Gasteiger partial charge on any atom is -0.467 e. The highest BCUT2D eigenvalue weighted by Crippen LogP contribution is 2.31. The van der Waals surface area contributed by atoms with Crippen LogP contribution >= 0.6 is 11.6 Å². The highest BCUT2D eigenvalue weighted by Gasteiger charge is 2.33. The molecular weight excluding hydrogens is 244 g/mol. The highest BCUT2D eigenvalue weighted by atomic mass is 35.5. The van der Waals surface area contributed by atoms with E-state index in [1.54, 1.807) is 0 Å². The lowest BCUT2D eigenvalue weighted by Gasteiger charge is -2.24. The van der Waals surface area contributed by atoms with E-state index in [1.165, 1.54) is 13.4 Å². The maximum absolute atomic E-state index is 11.6. The number of aromatic nitrogens is 2. The molecule has 1 aromatic rings. The van der Waals surface area contributed by atoms with E-state index in [0.717, 1.165) is 12.8 Å². The first-order valence-corrected chi connectivity index (χ1v) is 5.63. The van der Waals surface area contributed by atoms with Crippen LogP contribution in [0.5, 0.6) is 0 Å². The van der Waals surface area contributed by atoms with Crippen molar-refractivity contribution in [1.82, 2.24) is 9.97 Å². The summed E-state index contributed by atoms with van der Waals surface area (Å²) in [5, 5.41) is 0.200. The fourth-order valence-corrected chi connectivity index (χ4v) is 2.12. The van der Waals surface area contributed by atoms with E-state index in [4.69, 9.17) is 22.1 Å². The van der Waals surface area contributed by atoms with Gasteiger partial charge in [0.1, 0.15) is 18.1 Å². The summed E-state index contributed by atoms with van der Waals surface area (Å²) in [4.78, 5) is 21.3. The number of hydrogen-bond acceptors (Lipinski definition) is 6. The molecule has 6 nitrogen and oxygen atoms in total. The van der Waals surface area contributed by atoms with Crippen LogP contribution in [0.4, 0.5) is 11.5 Å². The van der Waals surface area contributed by atoms with Gasteiger partial charge in [0.05, 0.1) is 7.11 Å². The van der Waals surface area contributed by atoms with Crippen LogP contribution in [0.2, 0.25) is 5.15 Å². The molecule has 1 atom stereocenters. The van der Waals surface area contributed by atoms with Crippen molar-refractivity contribution in [2.75, 3.05) is 24.3 Å². The molecule has 2 rings (SSSR count). The Balaban J connectivity index is 2.32. The number of nitrogens with zero attached hydrogens (tertiary/aromatic N) is 3. The fraction of sp³-hybridized carbons (Fsp3) is 0.500. The van der Waals surface area contributed by atoms with Crippen molar-refractivity contribution in [3.05, 3.63) is 11.5 Å². The van der Waals surface area contributed by atoms with Gasteiger partial charge in [-0.15, -0.1) is 0 Å². The standard InChI is InChI=1S/C10H13ClN4O2/c1-17-10(16)6-3-2-4-15(6)9-7(12)8(11)13-5-14-9/h5-6H,2-4,12H2,1H3. The second kappa shape index (κ2) is 4.75. The van der Waals surface area contributed by atoms with E-state index in [1.807, 2.05) is 4.90 Å². The van der Waals surface area contributed by atoms with Gasteiger partial charge in [0, 0.05) is 6.54 Å². The van der Waals surface area contributed by atoms with Crippen molar-refractivity contribution in [2.24, 2.45) is 0 Å². The number of carbonyl (C=O) groups excluding carboxylic acids is 1. The van der Waals surface area contributed by atoms with Gasteiger partial charge in [-0.3, -0.25) is 0 Å².